The summed E-state index contributed by atoms with van der Waals surface area (Å²) < 4.78 is 16.9. The molecule has 2 amide bonds. The highest BCUT2D eigenvalue weighted by Crippen LogP contribution is 2.43. The van der Waals surface area contributed by atoms with E-state index in [1.165, 1.54) is 12.0 Å². The number of carbonyl (C=O) groups is 2. The molecule has 5 unspecified atom stereocenters. The number of amides is 2. The third-order valence-electron chi connectivity index (χ3n) is 4.61. The molecular formula is C16H17NO5. The summed E-state index contributed by atoms with van der Waals surface area (Å²) >= 11 is 0. The standard InChI is InChI=1S/C16H17NO5/c1-3-10-12-13(22-12)11(16(20-2)21-10)17-14(18)8-6-4-5-7-9(8)15(17)19/h4-7,10-13,16H,3H2,1-2H3. The largest absolute Gasteiger partial charge is 0.364 e. The van der Waals surface area contributed by atoms with E-state index in [9.17, 15) is 9.59 Å². The molecule has 0 bridgehead atoms. The minimum Gasteiger partial charge on any atom is -0.364 e. The third kappa shape index (κ3) is 1.78. The van der Waals surface area contributed by atoms with E-state index < -0.39 is 12.3 Å². The lowest BCUT2D eigenvalue weighted by Crippen LogP contribution is -2.56. The molecule has 22 heavy (non-hydrogen) atoms. The van der Waals surface area contributed by atoms with Gasteiger partial charge in [-0.1, -0.05) is 19.1 Å². The van der Waals surface area contributed by atoms with Crippen molar-refractivity contribution in [1.29, 1.82) is 0 Å². The fraction of sp³-hybridized carbons (Fsp3) is 0.500. The van der Waals surface area contributed by atoms with Crippen LogP contribution in [0.2, 0.25) is 0 Å². The van der Waals surface area contributed by atoms with Gasteiger partial charge in [-0.15, -0.1) is 0 Å². The molecule has 3 aliphatic rings. The van der Waals surface area contributed by atoms with E-state index in [2.05, 4.69) is 0 Å². The van der Waals surface area contributed by atoms with Crippen molar-refractivity contribution in [3.8, 4) is 0 Å². The average molecular weight is 303 g/mol. The SMILES string of the molecule is CCC1OC(OC)C(N2C(=O)c3ccccc3C2=O)C2OC12. The summed E-state index contributed by atoms with van der Waals surface area (Å²) in [6.07, 6.45) is -0.176. The molecule has 0 saturated carbocycles. The van der Waals surface area contributed by atoms with Crippen LogP contribution >= 0.6 is 0 Å². The van der Waals surface area contributed by atoms with Crippen LogP contribution in [0.3, 0.4) is 0 Å². The molecular weight excluding hydrogens is 286 g/mol. The first kappa shape index (κ1) is 13.9. The van der Waals surface area contributed by atoms with Crippen LogP contribution in [0.5, 0.6) is 0 Å². The lowest BCUT2D eigenvalue weighted by molar-refractivity contribution is -0.194. The summed E-state index contributed by atoms with van der Waals surface area (Å²) in [6.45, 7) is 2.01. The lowest BCUT2D eigenvalue weighted by atomic mass is 10.0. The second kappa shape index (κ2) is 4.87. The van der Waals surface area contributed by atoms with E-state index in [-0.39, 0.29) is 30.1 Å². The summed E-state index contributed by atoms with van der Waals surface area (Å²) in [5.74, 6) is -0.610. The average Bonchev–Trinajstić information content (AvgIpc) is 3.30. The highest BCUT2D eigenvalue weighted by Gasteiger charge is 2.62. The maximum atomic E-state index is 12.6. The number of imide groups is 1. The number of methoxy groups -OCH3 is 1. The van der Waals surface area contributed by atoms with Crippen LogP contribution < -0.4 is 0 Å². The highest BCUT2D eigenvalue weighted by atomic mass is 16.7. The number of fused-ring (bicyclic) bond motifs is 2. The van der Waals surface area contributed by atoms with Gasteiger partial charge in [-0.05, 0) is 18.6 Å². The van der Waals surface area contributed by atoms with Gasteiger partial charge < -0.3 is 14.2 Å². The molecule has 6 nitrogen and oxygen atoms in total. The molecule has 1 aromatic carbocycles. The van der Waals surface area contributed by atoms with Gasteiger partial charge in [-0.25, -0.2) is 0 Å². The van der Waals surface area contributed by atoms with E-state index in [0.29, 0.717) is 11.1 Å². The van der Waals surface area contributed by atoms with Crippen molar-refractivity contribution in [3.63, 3.8) is 0 Å². The monoisotopic (exact) mass is 303 g/mol. The predicted molar refractivity (Wildman–Crippen MR) is 75.4 cm³/mol. The van der Waals surface area contributed by atoms with Crippen molar-refractivity contribution < 1.29 is 23.8 Å². The van der Waals surface area contributed by atoms with Crippen LogP contribution in [-0.4, -0.2) is 54.5 Å². The van der Waals surface area contributed by atoms with Gasteiger partial charge in [0.2, 0.25) is 0 Å². The van der Waals surface area contributed by atoms with Gasteiger partial charge in [0.25, 0.3) is 11.8 Å². The van der Waals surface area contributed by atoms with Gasteiger partial charge >= 0.3 is 0 Å². The van der Waals surface area contributed by atoms with Gasteiger partial charge in [0.1, 0.15) is 18.2 Å². The molecule has 2 saturated heterocycles. The molecule has 0 aromatic heterocycles. The zero-order valence-corrected chi connectivity index (χ0v) is 12.4. The normalized spacial score (nSPS) is 36.3. The Kier molecular flexibility index (Phi) is 3.07. The molecule has 6 heteroatoms. The van der Waals surface area contributed by atoms with Gasteiger partial charge in [0.05, 0.1) is 17.2 Å². The molecule has 4 rings (SSSR count). The number of hydrogen-bond acceptors (Lipinski definition) is 5. The Labute approximate surface area is 127 Å². The van der Waals surface area contributed by atoms with Crippen LogP contribution in [0.1, 0.15) is 34.1 Å². The third-order valence-corrected chi connectivity index (χ3v) is 4.61. The Morgan fingerprint density at radius 1 is 1.09 bits per heavy atom. The fourth-order valence-electron chi connectivity index (χ4n) is 3.47. The predicted octanol–water partition coefficient (Wildman–Crippen LogP) is 1.20. The van der Waals surface area contributed by atoms with Gasteiger partial charge in [-0.2, -0.15) is 0 Å². The smallest absolute Gasteiger partial charge is 0.262 e. The van der Waals surface area contributed by atoms with Crippen molar-refractivity contribution in [2.45, 2.75) is 44.0 Å². The first-order chi connectivity index (χ1) is 10.7. The van der Waals surface area contributed by atoms with E-state index in [1.54, 1.807) is 24.3 Å². The zero-order valence-electron chi connectivity index (χ0n) is 12.4. The zero-order chi connectivity index (χ0) is 15.4. The Morgan fingerprint density at radius 3 is 2.27 bits per heavy atom. The number of ether oxygens (including phenoxy) is 3. The Bertz CT molecular complexity index is 610. The summed E-state index contributed by atoms with van der Waals surface area (Å²) in [4.78, 5) is 26.5. The fourth-order valence-corrected chi connectivity index (χ4v) is 3.47. The minimum absolute atomic E-state index is 0.0543. The van der Waals surface area contributed by atoms with E-state index in [0.717, 1.165) is 6.42 Å². The summed E-state index contributed by atoms with van der Waals surface area (Å²) in [5, 5.41) is 0. The van der Waals surface area contributed by atoms with Gasteiger partial charge in [0, 0.05) is 7.11 Å². The number of hydrogen-bond donors (Lipinski definition) is 0. The van der Waals surface area contributed by atoms with E-state index >= 15 is 0 Å². The van der Waals surface area contributed by atoms with Crippen LogP contribution in [0, 0.1) is 0 Å². The van der Waals surface area contributed by atoms with Crippen molar-refractivity contribution in [2.75, 3.05) is 7.11 Å². The first-order valence-corrected chi connectivity index (χ1v) is 7.48. The molecule has 0 spiro atoms. The van der Waals surface area contributed by atoms with Gasteiger partial charge in [0.15, 0.2) is 6.29 Å². The maximum absolute atomic E-state index is 12.6. The molecule has 3 heterocycles. The van der Waals surface area contributed by atoms with Crippen molar-refractivity contribution in [3.05, 3.63) is 35.4 Å². The first-order valence-electron chi connectivity index (χ1n) is 7.48. The Morgan fingerprint density at radius 2 is 1.73 bits per heavy atom. The number of epoxide rings is 1. The molecule has 0 N–H and O–H groups in total. The molecule has 0 radical (unpaired) electrons. The molecule has 3 aliphatic heterocycles. The topological polar surface area (TPSA) is 68.4 Å². The highest BCUT2D eigenvalue weighted by molar-refractivity contribution is 6.21. The second-order valence-electron chi connectivity index (χ2n) is 5.77. The quantitative estimate of drug-likeness (QED) is 0.620. The maximum Gasteiger partial charge on any atom is 0.262 e. The molecule has 2 fully saturated rings. The molecule has 116 valence electrons. The van der Waals surface area contributed by atoms with E-state index in [1.807, 2.05) is 6.92 Å². The Balaban J connectivity index is 1.68. The van der Waals surface area contributed by atoms with Crippen molar-refractivity contribution in [2.24, 2.45) is 0 Å². The number of rotatable bonds is 3. The Hall–Kier alpha value is -1.76. The van der Waals surface area contributed by atoms with Crippen LogP contribution in [0.25, 0.3) is 0 Å². The van der Waals surface area contributed by atoms with Crippen LogP contribution in [-0.2, 0) is 14.2 Å². The van der Waals surface area contributed by atoms with Crippen LogP contribution in [0.15, 0.2) is 24.3 Å². The molecule has 0 aliphatic carbocycles. The van der Waals surface area contributed by atoms with E-state index in [4.69, 9.17) is 14.2 Å². The number of nitrogens with zero attached hydrogens (tertiary/aromatic N) is 1. The van der Waals surface area contributed by atoms with Crippen molar-refractivity contribution >= 4 is 11.8 Å². The summed E-state index contributed by atoms with van der Waals surface area (Å²) in [6, 6.07) is 6.30. The molecule has 5 atom stereocenters. The van der Waals surface area contributed by atoms with Crippen molar-refractivity contribution in [1.82, 2.24) is 4.90 Å². The minimum atomic E-state index is -0.657. The van der Waals surface area contributed by atoms with Gasteiger partial charge in [-0.3, -0.25) is 14.5 Å². The summed E-state index contributed by atoms with van der Waals surface area (Å²) in [7, 11) is 1.52. The number of carbonyl (C=O) groups excluding carboxylic acids is 2. The molecule has 1 aromatic rings. The lowest BCUT2D eigenvalue weighted by Gasteiger charge is -2.36. The number of benzene rings is 1. The second-order valence-corrected chi connectivity index (χ2v) is 5.77. The van der Waals surface area contributed by atoms with Crippen LogP contribution in [0.4, 0.5) is 0 Å². The summed E-state index contributed by atoms with van der Waals surface area (Å²) in [5.41, 5.74) is 0.856.